The lowest BCUT2D eigenvalue weighted by Crippen LogP contribution is -2.46. The number of nitrogens with one attached hydrogen (secondary N) is 1. The molecule has 0 spiro atoms. The summed E-state index contributed by atoms with van der Waals surface area (Å²) in [5.41, 5.74) is -1.29. The SMILES string of the molecule is CCCS(=O)(=O)CCC(CO)(CNC(=O)OC(C)(C)C)C(C)C. The van der Waals surface area contributed by atoms with Gasteiger partial charge in [0.1, 0.15) is 15.4 Å². The number of ether oxygens (including phenoxy) is 1. The van der Waals surface area contributed by atoms with Gasteiger partial charge in [0.25, 0.3) is 0 Å². The van der Waals surface area contributed by atoms with E-state index in [2.05, 4.69) is 5.32 Å². The van der Waals surface area contributed by atoms with Crippen molar-refractivity contribution in [2.75, 3.05) is 24.7 Å². The van der Waals surface area contributed by atoms with Crippen LogP contribution in [0.15, 0.2) is 0 Å². The van der Waals surface area contributed by atoms with E-state index in [-0.39, 0.29) is 30.6 Å². The van der Waals surface area contributed by atoms with E-state index in [9.17, 15) is 18.3 Å². The van der Waals surface area contributed by atoms with E-state index in [4.69, 9.17) is 4.74 Å². The van der Waals surface area contributed by atoms with Crippen molar-refractivity contribution in [2.24, 2.45) is 11.3 Å². The molecule has 0 aromatic rings. The van der Waals surface area contributed by atoms with Crippen LogP contribution in [-0.2, 0) is 14.6 Å². The summed E-state index contributed by atoms with van der Waals surface area (Å²) in [7, 11) is -3.13. The molecule has 2 N–H and O–H groups in total. The average molecular weight is 352 g/mol. The molecule has 1 unspecified atom stereocenters. The predicted octanol–water partition coefficient (Wildman–Crippen LogP) is 2.36. The van der Waals surface area contributed by atoms with E-state index in [1.807, 2.05) is 20.8 Å². The Morgan fingerprint density at radius 3 is 2.17 bits per heavy atom. The lowest BCUT2D eigenvalue weighted by molar-refractivity contribution is 0.0385. The van der Waals surface area contributed by atoms with Crippen LogP contribution < -0.4 is 5.32 Å². The maximum atomic E-state index is 11.9. The van der Waals surface area contributed by atoms with E-state index in [0.29, 0.717) is 12.8 Å². The third kappa shape index (κ3) is 8.55. The highest BCUT2D eigenvalue weighted by Crippen LogP contribution is 2.31. The Hall–Kier alpha value is -0.820. The number of alkyl carbamates (subject to hydrolysis) is 1. The zero-order valence-corrected chi connectivity index (χ0v) is 16.1. The average Bonchev–Trinajstić information content (AvgIpc) is 2.36. The second kappa shape index (κ2) is 8.87. The summed E-state index contributed by atoms with van der Waals surface area (Å²) in [6.07, 6.45) is 0.318. The van der Waals surface area contributed by atoms with Crippen molar-refractivity contribution in [3.05, 3.63) is 0 Å². The third-order valence-electron chi connectivity index (χ3n) is 3.95. The molecule has 0 aromatic carbocycles. The topological polar surface area (TPSA) is 92.7 Å². The molecule has 1 amide bonds. The van der Waals surface area contributed by atoms with Crippen molar-refractivity contribution in [1.82, 2.24) is 5.32 Å². The summed E-state index contributed by atoms with van der Waals surface area (Å²) in [5.74, 6) is 0.168. The van der Waals surface area contributed by atoms with Gasteiger partial charge >= 0.3 is 6.09 Å². The fourth-order valence-electron chi connectivity index (χ4n) is 2.23. The van der Waals surface area contributed by atoms with E-state index in [0.717, 1.165) is 0 Å². The third-order valence-corrected chi connectivity index (χ3v) is 5.81. The Labute approximate surface area is 140 Å². The van der Waals surface area contributed by atoms with Crippen LogP contribution in [0.1, 0.15) is 54.4 Å². The van der Waals surface area contributed by atoms with E-state index < -0.39 is 26.9 Å². The standard InChI is InChI=1S/C16H33NO5S/c1-7-9-23(20,21)10-8-16(12-18,13(2)3)11-17-14(19)22-15(4,5)6/h13,18H,7-12H2,1-6H3,(H,17,19). The highest BCUT2D eigenvalue weighted by molar-refractivity contribution is 7.91. The van der Waals surface area contributed by atoms with Crippen molar-refractivity contribution >= 4 is 15.9 Å². The van der Waals surface area contributed by atoms with Gasteiger partial charge in [0.2, 0.25) is 0 Å². The van der Waals surface area contributed by atoms with Crippen LogP contribution in [0.25, 0.3) is 0 Å². The van der Waals surface area contributed by atoms with Crippen LogP contribution in [0.2, 0.25) is 0 Å². The molecule has 1 atom stereocenters. The minimum atomic E-state index is -3.13. The normalized spacial score (nSPS) is 15.3. The molecule has 0 rings (SSSR count). The van der Waals surface area contributed by atoms with Crippen molar-refractivity contribution in [2.45, 2.75) is 60.0 Å². The van der Waals surface area contributed by atoms with Crippen LogP contribution >= 0.6 is 0 Å². The first kappa shape index (κ1) is 22.2. The second-order valence-corrected chi connectivity index (χ2v) is 9.74. The zero-order chi connectivity index (χ0) is 18.3. The molecule has 0 aliphatic rings. The Kier molecular flexibility index (Phi) is 8.56. The Bertz CT molecular complexity index is 467. The number of carbonyl (C=O) groups is 1. The van der Waals surface area contributed by atoms with E-state index in [1.54, 1.807) is 20.8 Å². The fourth-order valence-corrected chi connectivity index (χ4v) is 3.78. The van der Waals surface area contributed by atoms with E-state index >= 15 is 0 Å². The summed E-state index contributed by atoms with van der Waals surface area (Å²) in [4.78, 5) is 11.8. The van der Waals surface area contributed by atoms with Crippen LogP contribution in [0.5, 0.6) is 0 Å². The molecule has 0 radical (unpaired) electrons. The first-order valence-corrected chi connectivity index (χ1v) is 9.98. The smallest absolute Gasteiger partial charge is 0.407 e. The summed E-state index contributed by atoms with van der Waals surface area (Å²) in [6, 6.07) is 0. The maximum absolute atomic E-state index is 11.9. The molecule has 0 aliphatic heterocycles. The summed E-state index contributed by atoms with van der Waals surface area (Å²) >= 11 is 0. The summed E-state index contributed by atoms with van der Waals surface area (Å²) < 4.78 is 29.1. The second-order valence-electron chi connectivity index (χ2n) is 7.43. The number of hydrogen-bond donors (Lipinski definition) is 2. The summed E-state index contributed by atoms with van der Waals surface area (Å²) in [5, 5.41) is 12.5. The van der Waals surface area contributed by atoms with Gasteiger partial charge in [-0.3, -0.25) is 0 Å². The van der Waals surface area contributed by atoms with Gasteiger partial charge in [0.05, 0.1) is 12.4 Å². The molecular formula is C16H33NO5S. The van der Waals surface area contributed by atoms with Crippen LogP contribution in [-0.4, -0.2) is 49.9 Å². The van der Waals surface area contributed by atoms with Crippen LogP contribution in [0, 0.1) is 11.3 Å². The first-order chi connectivity index (χ1) is 10.4. The Balaban J connectivity index is 4.89. The molecule has 0 aliphatic carbocycles. The molecule has 0 aromatic heterocycles. The minimum Gasteiger partial charge on any atom is -0.444 e. The number of amides is 1. The largest absolute Gasteiger partial charge is 0.444 e. The highest BCUT2D eigenvalue weighted by atomic mass is 32.2. The van der Waals surface area contributed by atoms with Crippen molar-refractivity contribution in [3.8, 4) is 0 Å². The van der Waals surface area contributed by atoms with Gasteiger partial charge in [-0.25, -0.2) is 13.2 Å². The molecule has 0 heterocycles. The zero-order valence-electron chi connectivity index (χ0n) is 15.3. The quantitative estimate of drug-likeness (QED) is 0.665. The maximum Gasteiger partial charge on any atom is 0.407 e. The van der Waals surface area contributed by atoms with Gasteiger partial charge in [-0.05, 0) is 39.5 Å². The molecular weight excluding hydrogens is 318 g/mol. The molecule has 23 heavy (non-hydrogen) atoms. The van der Waals surface area contributed by atoms with Crippen molar-refractivity contribution < 1.29 is 23.1 Å². The van der Waals surface area contributed by atoms with Gasteiger partial charge in [0, 0.05) is 17.7 Å². The Morgan fingerprint density at radius 1 is 1.22 bits per heavy atom. The first-order valence-electron chi connectivity index (χ1n) is 8.15. The van der Waals surface area contributed by atoms with Crippen molar-refractivity contribution in [1.29, 1.82) is 0 Å². The molecule has 0 saturated heterocycles. The number of aliphatic hydroxyl groups is 1. The lowest BCUT2D eigenvalue weighted by atomic mass is 9.75. The highest BCUT2D eigenvalue weighted by Gasteiger charge is 2.35. The number of aliphatic hydroxyl groups excluding tert-OH is 1. The van der Waals surface area contributed by atoms with E-state index in [1.165, 1.54) is 0 Å². The minimum absolute atomic E-state index is 0.00950. The lowest BCUT2D eigenvalue weighted by Gasteiger charge is -2.36. The van der Waals surface area contributed by atoms with Gasteiger partial charge in [0.15, 0.2) is 0 Å². The predicted molar refractivity (Wildman–Crippen MR) is 92.2 cm³/mol. The number of carbonyl (C=O) groups excluding carboxylic acids is 1. The molecule has 6 nitrogen and oxygen atoms in total. The fraction of sp³-hybridized carbons (Fsp3) is 0.938. The molecule has 7 heteroatoms. The van der Waals surface area contributed by atoms with Crippen LogP contribution in [0.4, 0.5) is 4.79 Å². The van der Waals surface area contributed by atoms with Gasteiger partial charge in [-0.2, -0.15) is 0 Å². The van der Waals surface area contributed by atoms with Crippen molar-refractivity contribution in [3.63, 3.8) is 0 Å². The Morgan fingerprint density at radius 2 is 1.78 bits per heavy atom. The van der Waals surface area contributed by atoms with Gasteiger partial charge in [-0.1, -0.05) is 20.8 Å². The van der Waals surface area contributed by atoms with Gasteiger partial charge < -0.3 is 15.2 Å². The molecule has 0 fully saturated rings. The number of hydrogen-bond acceptors (Lipinski definition) is 5. The molecule has 0 saturated carbocycles. The van der Waals surface area contributed by atoms with Gasteiger partial charge in [-0.15, -0.1) is 0 Å². The number of rotatable bonds is 9. The monoisotopic (exact) mass is 351 g/mol. The summed E-state index contributed by atoms with van der Waals surface area (Å²) in [6.45, 7) is 10.9. The number of sulfone groups is 1. The molecule has 138 valence electrons. The molecule has 0 bridgehead atoms. The van der Waals surface area contributed by atoms with Crippen LogP contribution in [0.3, 0.4) is 0 Å².